The Morgan fingerprint density at radius 1 is 1.36 bits per heavy atom. The maximum Gasteiger partial charge on any atom is 0.0694 e. The Hall–Kier alpha value is -1.48. The van der Waals surface area contributed by atoms with Crippen molar-refractivity contribution in [3.8, 4) is 0 Å². The number of nitrogens with zero attached hydrogens (tertiary/aromatic N) is 1. The van der Waals surface area contributed by atoms with E-state index in [9.17, 15) is 0 Å². The van der Waals surface area contributed by atoms with E-state index < -0.39 is 0 Å². The molecule has 3 heteroatoms. The Balaban J connectivity index is 2.66. The number of hydrogen-bond donors (Lipinski definition) is 2. The molecule has 0 atom stereocenters. The van der Waals surface area contributed by atoms with Crippen molar-refractivity contribution in [2.75, 3.05) is 19.0 Å². The Kier molecular flexibility index (Phi) is 2.17. The van der Waals surface area contributed by atoms with Gasteiger partial charge in [-0.1, -0.05) is 12.1 Å². The van der Waals surface area contributed by atoms with E-state index in [2.05, 4.69) is 34.1 Å². The van der Waals surface area contributed by atoms with E-state index in [1.807, 2.05) is 14.1 Å². The van der Waals surface area contributed by atoms with Crippen molar-refractivity contribution in [3.05, 3.63) is 30.0 Å². The van der Waals surface area contributed by atoms with Gasteiger partial charge in [0, 0.05) is 31.7 Å². The second kappa shape index (κ2) is 3.35. The first-order valence-corrected chi connectivity index (χ1v) is 4.70. The van der Waals surface area contributed by atoms with Gasteiger partial charge in [-0.05, 0) is 12.1 Å². The van der Waals surface area contributed by atoms with Gasteiger partial charge in [0.15, 0.2) is 0 Å². The number of H-pyrrole nitrogens is 1. The monoisotopic (exact) mass is 189 g/mol. The highest BCUT2D eigenvalue weighted by Crippen LogP contribution is 2.25. The van der Waals surface area contributed by atoms with Crippen LogP contribution in [0.4, 0.5) is 5.69 Å². The van der Waals surface area contributed by atoms with Crippen LogP contribution in [-0.2, 0) is 6.54 Å². The minimum Gasteiger partial charge on any atom is -0.376 e. The molecule has 0 aliphatic rings. The second-order valence-corrected chi connectivity index (χ2v) is 3.63. The molecule has 3 N–H and O–H groups in total. The van der Waals surface area contributed by atoms with Gasteiger partial charge in [0.1, 0.15) is 0 Å². The molecule has 0 amide bonds. The van der Waals surface area contributed by atoms with E-state index >= 15 is 0 Å². The molecule has 3 nitrogen and oxygen atoms in total. The van der Waals surface area contributed by atoms with Crippen molar-refractivity contribution in [2.24, 2.45) is 5.73 Å². The molecule has 0 aliphatic heterocycles. The summed E-state index contributed by atoms with van der Waals surface area (Å²) in [6, 6.07) is 8.35. The molecular formula is C11H15N3. The number of anilines is 1. The third-order valence-corrected chi connectivity index (χ3v) is 2.39. The SMILES string of the molecule is CN(C)c1cccc2cc(CN)[nH]c12. The van der Waals surface area contributed by atoms with Gasteiger partial charge in [-0.2, -0.15) is 0 Å². The lowest BCUT2D eigenvalue weighted by Crippen LogP contribution is -2.08. The van der Waals surface area contributed by atoms with E-state index in [0.717, 1.165) is 11.2 Å². The van der Waals surface area contributed by atoms with Crippen LogP contribution >= 0.6 is 0 Å². The summed E-state index contributed by atoms with van der Waals surface area (Å²) in [7, 11) is 4.08. The molecule has 1 heterocycles. The Labute approximate surface area is 83.5 Å². The van der Waals surface area contributed by atoms with Crippen molar-refractivity contribution >= 4 is 16.6 Å². The molecule has 0 unspecified atom stereocenters. The van der Waals surface area contributed by atoms with Crippen LogP contribution in [0.15, 0.2) is 24.3 Å². The van der Waals surface area contributed by atoms with Crippen LogP contribution in [0.2, 0.25) is 0 Å². The highest BCUT2D eigenvalue weighted by Gasteiger charge is 2.05. The molecule has 2 aromatic rings. The summed E-state index contributed by atoms with van der Waals surface area (Å²) >= 11 is 0. The van der Waals surface area contributed by atoms with Crippen LogP contribution in [0.5, 0.6) is 0 Å². The summed E-state index contributed by atoms with van der Waals surface area (Å²) in [4.78, 5) is 5.42. The molecule has 0 aliphatic carbocycles. The van der Waals surface area contributed by atoms with E-state index in [4.69, 9.17) is 5.73 Å². The maximum absolute atomic E-state index is 5.59. The minimum absolute atomic E-state index is 0.557. The minimum atomic E-state index is 0.557. The summed E-state index contributed by atoms with van der Waals surface area (Å²) in [5.41, 5.74) is 9.03. The molecule has 0 saturated heterocycles. The maximum atomic E-state index is 5.59. The summed E-state index contributed by atoms with van der Waals surface area (Å²) in [6.07, 6.45) is 0. The first-order chi connectivity index (χ1) is 6.72. The highest BCUT2D eigenvalue weighted by molar-refractivity contribution is 5.91. The third-order valence-electron chi connectivity index (χ3n) is 2.39. The van der Waals surface area contributed by atoms with E-state index in [1.54, 1.807) is 0 Å². The van der Waals surface area contributed by atoms with Crippen LogP contribution in [0.25, 0.3) is 10.9 Å². The summed E-state index contributed by atoms with van der Waals surface area (Å²) in [5.74, 6) is 0. The van der Waals surface area contributed by atoms with Gasteiger partial charge in [0.2, 0.25) is 0 Å². The zero-order chi connectivity index (χ0) is 10.1. The molecule has 1 aromatic heterocycles. The zero-order valence-electron chi connectivity index (χ0n) is 8.54. The standard InChI is InChI=1S/C11H15N3/c1-14(2)10-5-3-4-8-6-9(7-12)13-11(8)10/h3-6,13H,7,12H2,1-2H3. The number of rotatable bonds is 2. The highest BCUT2D eigenvalue weighted by atomic mass is 15.1. The fourth-order valence-electron chi connectivity index (χ4n) is 1.68. The third kappa shape index (κ3) is 1.36. The molecule has 0 radical (unpaired) electrons. The first-order valence-electron chi connectivity index (χ1n) is 4.70. The smallest absolute Gasteiger partial charge is 0.0694 e. The zero-order valence-corrected chi connectivity index (χ0v) is 8.54. The normalized spacial score (nSPS) is 10.8. The van der Waals surface area contributed by atoms with Gasteiger partial charge in [-0.3, -0.25) is 0 Å². The van der Waals surface area contributed by atoms with Crippen LogP contribution in [0.3, 0.4) is 0 Å². The van der Waals surface area contributed by atoms with E-state index in [0.29, 0.717) is 6.54 Å². The quantitative estimate of drug-likeness (QED) is 0.755. The number of benzene rings is 1. The number of nitrogens with two attached hydrogens (primary N) is 1. The van der Waals surface area contributed by atoms with E-state index in [1.165, 1.54) is 11.1 Å². The second-order valence-electron chi connectivity index (χ2n) is 3.63. The van der Waals surface area contributed by atoms with Crippen molar-refractivity contribution in [2.45, 2.75) is 6.54 Å². The van der Waals surface area contributed by atoms with Gasteiger partial charge >= 0.3 is 0 Å². The Bertz CT molecular complexity index is 443. The van der Waals surface area contributed by atoms with Gasteiger partial charge in [-0.15, -0.1) is 0 Å². The average molecular weight is 189 g/mol. The first kappa shape index (κ1) is 9.09. The van der Waals surface area contributed by atoms with Crippen LogP contribution in [-0.4, -0.2) is 19.1 Å². The van der Waals surface area contributed by atoms with Crippen LogP contribution in [0, 0.1) is 0 Å². The predicted octanol–water partition coefficient (Wildman–Crippen LogP) is 1.69. The van der Waals surface area contributed by atoms with Gasteiger partial charge in [-0.25, -0.2) is 0 Å². The summed E-state index contributed by atoms with van der Waals surface area (Å²) in [6.45, 7) is 0.557. The molecular weight excluding hydrogens is 174 g/mol. The fraction of sp³-hybridized carbons (Fsp3) is 0.273. The fourth-order valence-corrected chi connectivity index (χ4v) is 1.68. The van der Waals surface area contributed by atoms with Gasteiger partial charge in [0.05, 0.1) is 11.2 Å². The summed E-state index contributed by atoms with van der Waals surface area (Å²) < 4.78 is 0. The molecule has 74 valence electrons. The summed E-state index contributed by atoms with van der Waals surface area (Å²) in [5, 5.41) is 1.22. The van der Waals surface area contributed by atoms with Crippen molar-refractivity contribution in [3.63, 3.8) is 0 Å². The molecule has 0 saturated carbocycles. The van der Waals surface area contributed by atoms with Crippen molar-refractivity contribution in [1.29, 1.82) is 0 Å². The lowest BCUT2D eigenvalue weighted by atomic mass is 10.2. The van der Waals surface area contributed by atoms with Crippen molar-refractivity contribution in [1.82, 2.24) is 4.98 Å². The van der Waals surface area contributed by atoms with Gasteiger partial charge < -0.3 is 15.6 Å². The number of para-hydroxylation sites is 1. The molecule has 0 spiro atoms. The number of nitrogens with one attached hydrogen (secondary N) is 1. The number of fused-ring (bicyclic) bond motifs is 1. The molecule has 0 fully saturated rings. The Morgan fingerprint density at radius 2 is 2.14 bits per heavy atom. The Morgan fingerprint density at radius 3 is 2.79 bits per heavy atom. The number of aromatic nitrogens is 1. The van der Waals surface area contributed by atoms with Crippen LogP contribution < -0.4 is 10.6 Å². The molecule has 1 aromatic carbocycles. The number of aromatic amines is 1. The van der Waals surface area contributed by atoms with Gasteiger partial charge in [0.25, 0.3) is 0 Å². The lowest BCUT2D eigenvalue weighted by Gasteiger charge is -2.12. The molecule has 14 heavy (non-hydrogen) atoms. The van der Waals surface area contributed by atoms with Crippen LogP contribution in [0.1, 0.15) is 5.69 Å². The molecule has 0 bridgehead atoms. The molecule has 2 rings (SSSR count). The van der Waals surface area contributed by atoms with E-state index in [-0.39, 0.29) is 0 Å². The number of hydrogen-bond acceptors (Lipinski definition) is 2. The largest absolute Gasteiger partial charge is 0.376 e. The average Bonchev–Trinajstić information content (AvgIpc) is 2.59. The topological polar surface area (TPSA) is 45.0 Å². The van der Waals surface area contributed by atoms with Crippen molar-refractivity contribution < 1.29 is 0 Å². The lowest BCUT2D eigenvalue weighted by molar-refractivity contribution is 1.02. The predicted molar refractivity (Wildman–Crippen MR) is 60.5 cm³/mol.